The van der Waals surface area contributed by atoms with Crippen LogP contribution < -0.4 is 11.1 Å². The highest BCUT2D eigenvalue weighted by atomic mass is 35.5. The highest BCUT2D eigenvalue weighted by Crippen LogP contribution is 2.32. The number of H-pyrrole nitrogens is 1. The topological polar surface area (TPSA) is 79.1 Å². The Kier molecular flexibility index (Phi) is 8.43. The predicted molar refractivity (Wildman–Crippen MR) is 126 cm³/mol. The van der Waals surface area contributed by atoms with E-state index >= 15 is 0 Å². The van der Waals surface area contributed by atoms with Crippen LogP contribution >= 0.6 is 34.8 Å². The molecule has 2 aromatic carbocycles. The summed E-state index contributed by atoms with van der Waals surface area (Å²) in [7, 11) is 0. The van der Waals surface area contributed by atoms with Crippen molar-refractivity contribution in [3.05, 3.63) is 86.9 Å². The first kappa shape index (κ1) is 22.5. The Morgan fingerprint density at radius 2 is 1.83 bits per heavy atom. The first-order valence-corrected chi connectivity index (χ1v) is 10.9. The van der Waals surface area contributed by atoms with E-state index in [1.165, 1.54) is 0 Å². The fourth-order valence-electron chi connectivity index (χ4n) is 3.24. The highest BCUT2D eigenvalue weighted by Gasteiger charge is 2.15. The van der Waals surface area contributed by atoms with E-state index in [1.807, 2.05) is 48.7 Å². The average molecular weight is 465 g/mol. The van der Waals surface area contributed by atoms with Crippen LogP contribution in [0.5, 0.6) is 0 Å². The number of benzene rings is 2. The molecular formula is C22H24Cl3N5. The van der Waals surface area contributed by atoms with Gasteiger partial charge in [-0.25, -0.2) is 4.98 Å². The van der Waals surface area contributed by atoms with Gasteiger partial charge < -0.3 is 16.0 Å². The second-order valence-corrected chi connectivity index (χ2v) is 8.19. The lowest BCUT2D eigenvalue weighted by atomic mass is 9.88. The third-order valence-electron chi connectivity index (χ3n) is 4.80. The van der Waals surface area contributed by atoms with Crippen LogP contribution in [0.15, 0.2) is 60.0 Å². The van der Waals surface area contributed by atoms with E-state index in [0.29, 0.717) is 34.1 Å². The molecule has 0 saturated carbocycles. The van der Waals surface area contributed by atoms with Gasteiger partial charge in [-0.15, -0.1) is 0 Å². The third-order valence-corrected chi connectivity index (χ3v) is 5.79. The van der Waals surface area contributed by atoms with Crippen LogP contribution in [0.4, 0.5) is 0 Å². The lowest BCUT2D eigenvalue weighted by Crippen LogP contribution is -2.33. The van der Waals surface area contributed by atoms with Crippen molar-refractivity contribution in [3.63, 3.8) is 0 Å². The van der Waals surface area contributed by atoms with E-state index in [2.05, 4.69) is 20.3 Å². The number of aliphatic imine (C=N–C) groups is 1. The zero-order valence-corrected chi connectivity index (χ0v) is 18.7. The van der Waals surface area contributed by atoms with Gasteiger partial charge in [-0.05, 0) is 54.7 Å². The van der Waals surface area contributed by atoms with Crippen LogP contribution in [0.2, 0.25) is 15.1 Å². The maximum atomic E-state index is 6.25. The molecule has 1 aromatic heterocycles. The summed E-state index contributed by atoms with van der Waals surface area (Å²) < 4.78 is 0. The Balaban J connectivity index is 1.58. The second-order valence-electron chi connectivity index (χ2n) is 6.94. The molecule has 0 saturated heterocycles. The largest absolute Gasteiger partial charge is 0.370 e. The van der Waals surface area contributed by atoms with Gasteiger partial charge in [0, 0.05) is 35.9 Å². The molecule has 0 aliphatic heterocycles. The first-order valence-electron chi connectivity index (χ1n) is 9.74. The van der Waals surface area contributed by atoms with Gasteiger partial charge >= 0.3 is 0 Å². The summed E-state index contributed by atoms with van der Waals surface area (Å²) in [6, 6.07) is 13.6. The molecular weight excluding hydrogens is 441 g/mol. The number of halogens is 3. The van der Waals surface area contributed by atoms with Crippen LogP contribution in [-0.2, 0) is 6.42 Å². The van der Waals surface area contributed by atoms with Gasteiger partial charge in [0.2, 0.25) is 0 Å². The Morgan fingerprint density at radius 3 is 2.53 bits per heavy atom. The molecule has 1 atom stereocenters. The summed E-state index contributed by atoms with van der Waals surface area (Å²) in [5, 5.41) is 4.99. The molecule has 0 spiro atoms. The number of imidazole rings is 1. The SMILES string of the molecule is NC(=NCCCc1cnc[nH]1)NCCC(c1ccc(Cl)cc1)c1ccc(Cl)c(Cl)c1. The van der Waals surface area contributed by atoms with E-state index in [0.717, 1.165) is 36.1 Å². The van der Waals surface area contributed by atoms with Gasteiger partial charge in [-0.3, -0.25) is 4.99 Å². The van der Waals surface area contributed by atoms with Gasteiger partial charge in [-0.2, -0.15) is 0 Å². The molecule has 0 bridgehead atoms. The van der Waals surface area contributed by atoms with E-state index in [4.69, 9.17) is 40.5 Å². The minimum Gasteiger partial charge on any atom is -0.370 e. The maximum Gasteiger partial charge on any atom is 0.188 e. The summed E-state index contributed by atoms with van der Waals surface area (Å²) >= 11 is 18.4. The van der Waals surface area contributed by atoms with Crippen molar-refractivity contribution in [1.82, 2.24) is 15.3 Å². The zero-order chi connectivity index (χ0) is 21.3. The lowest BCUT2D eigenvalue weighted by molar-refractivity contribution is 0.687. The predicted octanol–water partition coefficient (Wildman–Crippen LogP) is 5.43. The van der Waals surface area contributed by atoms with Crippen LogP contribution in [0.1, 0.15) is 35.6 Å². The number of nitrogens with zero attached hydrogens (tertiary/aromatic N) is 2. The summed E-state index contributed by atoms with van der Waals surface area (Å²) in [5.74, 6) is 0.571. The Hall–Kier alpha value is -2.21. The molecule has 4 N–H and O–H groups in total. The average Bonchev–Trinajstić information content (AvgIpc) is 3.25. The molecule has 3 rings (SSSR count). The zero-order valence-electron chi connectivity index (χ0n) is 16.4. The third kappa shape index (κ3) is 6.66. The quantitative estimate of drug-likeness (QED) is 0.224. The molecule has 30 heavy (non-hydrogen) atoms. The standard InChI is InChI=1S/C22H24Cl3N5/c23-17-6-3-15(4-7-17)19(16-5-8-20(24)21(25)12-16)9-11-29-22(26)28-10-1-2-18-13-27-14-30-18/h3-8,12-14,19H,1-2,9-11H2,(H,27,30)(H3,26,28,29). The minimum atomic E-state index is 0.123. The van der Waals surface area contributed by atoms with Gasteiger partial charge in [0.15, 0.2) is 5.96 Å². The van der Waals surface area contributed by atoms with E-state index in [9.17, 15) is 0 Å². The molecule has 3 aromatic rings. The lowest BCUT2D eigenvalue weighted by Gasteiger charge is -2.19. The second kappa shape index (κ2) is 11.3. The Morgan fingerprint density at radius 1 is 1.07 bits per heavy atom. The molecule has 1 heterocycles. The summed E-state index contributed by atoms with van der Waals surface area (Å²) in [6.07, 6.45) is 6.11. The molecule has 1 unspecified atom stereocenters. The number of nitrogens with one attached hydrogen (secondary N) is 2. The van der Waals surface area contributed by atoms with E-state index < -0.39 is 0 Å². The molecule has 0 amide bonds. The Labute approximate surface area is 191 Å². The van der Waals surface area contributed by atoms with Crippen molar-refractivity contribution >= 4 is 40.8 Å². The number of aromatic nitrogens is 2. The molecule has 5 nitrogen and oxygen atoms in total. The van der Waals surface area contributed by atoms with Crippen LogP contribution in [0.3, 0.4) is 0 Å². The molecule has 0 aliphatic rings. The smallest absolute Gasteiger partial charge is 0.188 e. The van der Waals surface area contributed by atoms with E-state index in [1.54, 1.807) is 6.33 Å². The molecule has 8 heteroatoms. The number of hydrogen-bond acceptors (Lipinski definition) is 2. The summed E-state index contributed by atoms with van der Waals surface area (Å²) in [5.41, 5.74) is 9.36. The van der Waals surface area contributed by atoms with Crippen molar-refractivity contribution in [3.8, 4) is 0 Å². The van der Waals surface area contributed by atoms with Gasteiger partial charge in [-0.1, -0.05) is 53.0 Å². The molecule has 0 radical (unpaired) electrons. The first-order chi connectivity index (χ1) is 14.5. The highest BCUT2D eigenvalue weighted by molar-refractivity contribution is 6.42. The molecule has 0 fully saturated rings. The van der Waals surface area contributed by atoms with Crippen molar-refractivity contribution in [1.29, 1.82) is 0 Å². The number of rotatable bonds is 9. The van der Waals surface area contributed by atoms with E-state index in [-0.39, 0.29) is 5.92 Å². The van der Waals surface area contributed by atoms with Crippen molar-refractivity contribution < 1.29 is 0 Å². The number of hydrogen-bond donors (Lipinski definition) is 3. The number of guanidine groups is 1. The van der Waals surface area contributed by atoms with Crippen molar-refractivity contribution in [2.24, 2.45) is 10.7 Å². The van der Waals surface area contributed by atoms with Gasteiger partial charge in [0.25, 0.3) is 0 Å². The fourth-order valence-corrected chi connectivity index (χ4v) is 3.67. The van der Waals surface area contributed by atoms with Gasteiger partial charge in [0.05, 0.1) is 16.4 Å². The van der Waals surface area contributed by atoms with Crippen LogP contribution in [0.25, 0.3) is 0 Å². The molecule has 0 aliphatic carbocycles. The summed E-state index contributed by atoms with van der Waals surface area (Å²) in [4.78, 5) is 11.5. The van der Waals surface area contributed by atoms with Crippen molar-refractivity contribution in [2.75, 3.05) is 13.1 Å². The normalized spacial score (nSPS) is 12.7. The Bertz CT molecular complexity index is 955. The summed E-state index contributed by atoms with van der Waals surface area (Å²) in [6.45, 7) is 1.33. The monoisotopic (exact) mass is 463 g/mol. The maximum absolute atomic E-state index is 6.25. The fraction of sp³-hybridized carbons (Fsp3) is 0.273. The van der Waals surface area contributed by atoms with Crippen molar-refractivity contribution in [2.45, 2.75) is 25.2 Å². The van der Waals surface area contributed by atoms with Crippen LogP contribution in [-0.4, -0.2) is 29.0 Å². The minimum absolute atomic E-state index is 0.123. The molecule has 158 valence electrons. The number of nitrogens with two attached hydrogens (primary N) is 1. The number of aromatic amines is 1. The van der Waals surface area contributed by atoms with Gasteiger partial charge in [0.1, 0.15) is 0 Å². The van der Waals surface area contributed by atoms with Crippen LogP contribution in [0, 0.1) is 0 Å². The number of aryl methyl sites for hydroxylation is 1.